The van der Waals surface area contributed by atoms with Crippen LogP contribution in [0.5, 0.6) is 0 Å². The van der Waals surface area contributed by atoms with E-state index in [9.17, 15) is 18.3 Å². The lowest BCUT2D eigenvalue weighted by Crippen LogP contribution is -2.59. The Morgan fingerprint density at radius 2 is 1.84 bits per heavy atom. The topological polar surface area (TPSA) is 64.1 Å². The fourth-order valence-electron chi connectivity index (χ4n) is 5.45. The molecule has 0 saturated carbocycles. The Morgan fingerprint density at radius 3 is 2.54 bits per heavy atom. The van der Waals surface area contributed by atoms with E-state index in [0.29, 0.717) is 45.9 Å². The third-order valence-electron chi connectivity index (χ3n) is 7.81. The van der Waals surface area contributed by atoms with E-state index in [-0.39, 0.29) is 18.1 Å². The summed E-state index contributed by atoms with van der Waals surface area (Å²) in [4.78, 5) is 11.4. The molecule has 3 atom stereocenters. The van der Waals surface area contributed by atoms with Gasteiger partial charge in [0, 0.05) is 44.8 Å². The van der Waals surface area contributed by atoms with Crippen molar-refractivity contribution in [2.45, 2.75) is 45.0 Å². The maximum Gasteiger partial charge on any atom is 0.389 e. The van der Waals surface area contributed by atoms with Crippen LogP contribution < -0.4 is 15.1 Å². The molecule has 0 amide bonds. The number of aryl methyl sites for hydroxylation is 1. The van der Waals surface area contributed by atoms with Gasteiger partial charge in [0.1, 0.15) is 11.6 Å². The minimum Gasteiger partial charge on any atom is -0.389 e. The Balaban J connectivity index is 1.35. The molecule has 2 aromatic rings. The number of anilines is 3. The van der Waals surface area contributed by atoms with Gasteiger partial charge in [-0.3, -0.25) is 4.90 Å². The lowest BCUT2D eigenvalue weighted by Gasteiger charge is -2.44. The number of rotatable bonds is 7. The van der Waals surface area contributed by atoms with Crippen LogP contribution in [0.15, 0.2) is 30.3 Å². The second kappa shape index (κ2) is 10.7. The van der Waals surface area contributed by atoms with E-state index in [1.54, 1.807) is 0 Å². The van der Waals surface area contributed by atoms with Crippen LogP contribution in [0, 0.1) is 12.8 Å². The molecule has 37 heavy (non-hydrogen) atoms. The number of aromatic nitrogens is 1. The number of likely N-dealkylation sites (tertiary alicyclic amines) is 1. The first-order valence-corrected chi connectivity index (χ1v) is 13.1. The van der Waals surface area contributed by atoms with Gasteiger partial charge in [-0.2, -0.15) is 13.2 Å². The number of nitrogens with zero attached hydrogens (tertiary/aromatic N) is 4. The predicted molar refractivity (Wildman–Crippen MR) is 139 cm³/mol. The molecule has 3 fully saturated rings. The highest BCUT2D eigenvalue weighted by Gasteiger charge is 2.36. The van der Waals surface area contributed by atoms with Gasteiger partial charge in [0.15, 0.2) is 0 Å². The quantitative estimate of drug-likeness (QED) is 0.571. The van der Waals surface area contributed by atoms with Crippen LogP contribution in [0.3, 0.4) is 0 Å². The van der Waals surface area contributed by atoms with Gasteiger partial charge in [-0.15, -0.1) is 0 Å². The first-order valence-electron chi connectivity index (χ1n) is 13.1. The maximum atomic E-state index is 12.8. The van der Waals surface area contributed by atoms with Crippen LogP contribution >= 0.6 is 0 Å². The third kappa shape index (κ3) is 6.13. The van der Waals surface area contributed by atoms with Gasteiger partial charge in [-0.05, 0) is 67.1 Å². The Labute approximate surface area is 216 Å². The number of hydrogen-bond acceptors (Lipinski definition) is 7. The monoisotopic (exact) mass is 519 g/mol. The van der Waals surface area contributed by atoms with Crippen molar-refractivity contribution >= 4 is 17.3 Å². The Bertz CT molecular complexity index is 1070. The molecule has 1 aromatic carbocycles. The van der Waals surface area contributed by atoms with Gasteiger partial charge >= 0.3 is 6.18 Å². The highest BCUT2D eigenvalue weighted by Crippen LogP contribution is 2.35. The Morgan fingerprint density at radius 1 is 1.08 bits per heavy atom. The highest BCUT2D eigenvalue weighted by molar-refractivity contribution is 5.76. The van der Waals surface area contributed by atoms with Crippen molar-refractivity contribution in [3.05, 3.63) is 35.9 Å². The normalized spacial score (nSPS) is 24.9. The number of nitrogens with one attached hydrogen (secondary N) is 1. The minimum atomic E-state index is -4.10. The van der Waals surface area contributed by atoms with Crippen molar-refractivity contribution < 1.29 is 23.0 Å². The number of alkyl halides is 3. The van der Waals surface area contributed by atoms with Crippen LogP contribution in [0.1, 0.15) is 25.3 Å². The van der Waals surface area contributed by atoms with E-state index >= 15 is 0 Å². The van der Waals surface area contributed by atoms with E-state index in [2.05, 4.69) is 46.3 Å². The van der Waals surface area contributed by atoms with Gasteiger partial charge in [0.2, 0.25) is 0 Å². The molecule has 0 bridgehead atoms. The summed E-state index contributed by atoms with van der Waals surface area (Å²) in [6.45, 7) is 9.17. The number of morpholine rings is 1. The van der Waals surface area contributed by atoms with Crippen LogP contribution in [0.4, 0.5) is 30.5 Å². The molecule has 4 heterocycles. The van der Waals surface area contributed by atoms with E-state index in [0.717, 1.165) is 47.1 Å². The molecule has 202 valence electrons. The van der Waals surface area contributed by atoms with Gasteiger partial charge in [-0.1, -0.05) is 6.07 Å². The average Bonchev–Trinajstić information content (AvgIpc) is 3.32. The number of aliphatic hydroxyl groups excluding tert-OH is 1. The highest BCUT2D eigenvalue weighted by atomic mass is 19.4. The summed E-state index contributed by atoms with van der Waals surface area (Å²) in [6, 6.07) is 10.4. The largest absolute Gasteiger partial charge is 0.389 e. The summed E-state index contributed by atoms with van der Waals surface area (Å²) in [6.07, 6.45) is -4.59. The average molecular weight is 520 g/mol. The molecule has 0 radical (unpaired) electrons. The SMILES string of the molecule is Cc1ccc(NCN2CC[C@@H](CC(F)(F)F)C2)cc1-c1cc(N2CCOCC2)nc(N2C[C@H](O)[C@@H]2C)c1. The fourth-order valence-corrected chi connectivity index (χ4v) is 5.45. The smallest absolute Gasteiger partial charge is 0.389 e. The van der Waals surface area contributed by atoms with Gasteiger partial charge < -0.3 is 25.0 Å². The number of β-amino-alcohol motifs (C(OH)–C–C–N with tert-alkyl or cyclic N) is 1. The molecular formula is C27H36F3N5O2. The van der Waals surface area contributed by atoms with Crippen LogP contribution in [-0.2, 0) is 4.74 Å². The van der Waals surface area contributed by atoms with Crippen LogP contribution in [0.25, 0.3) is 11.1 Å². The van der Waals surface area contributed by atoms with Gasteiger partial charge in [0.25, 0.3) is 0 Å². The standard InChI is InChI=1S/C27H36F3N5O2/c1-18-3-4-22(31-17-33-6-5-20(15-33)14-27(28,29)30)13-23(18)21-11-25(34-7-9-37-10-8-34)32-26(12-21)35-16-24(36)19(35)2/h3-4,11-13,19-20,24,31,36H,5-10,14-17H2,1-2H3/t19-,20-,24-/m0/s1. The number of halogens is 3. The number of hydrogen-bond donors (Lipinski definition) is 2. The van der Waals surface area contributed by atoms with E-state index < -0.39 is 12.6 Å². The molecule has 0 spiro atoms. The van der Waals surface area contributed by atoms with Crippen molar-refractivity contribution in [3.8, 4) is 11.1 Å². The first kappa shape index (κ1) is 26.1. The van der Waals surface area contributed by atoms with E-state index in [4.69, 9.17) is 9.72 Å². The summed E-state index contributed by atoms with van der Waals surface area (Å²) >= 11 is 0. The summed E-state index contributed by atoms with van der Waals surface area (Å²) < 4.78 is 43.8. The number of aliphatic hydroxyl groups is 1. The molecule has 10 heteroatoms. The molecule has 0 unspecified atom stereocenters. The Hall–Kier alpha value is -2.56. The van der Waals surface area contributed by atoms with E-state index in [1.165, 1.54) is 0 Å². The summed E-state index contributed by atoms with van der Waals surface area (Å²) in [5, 5.41) is 13.5. The molecule has 2 N–H and O–H groups in total. The molecule has 5 rings (SSSR count). The molecule has 1 aromatic heterocycles. The molecule has 3 saturated heterocycles. The zero-order chi connectivity index (χ0) is 26.2. The zero-order valence-corrected chi connectivity index (χ0v) is 21.5. The van der Waals surface area contributed by atoms with Gasteiger partial charge in [-0.25, -0.2) is 4.98 Å². The number of benzene rings is 1. The van der Waals surface area contributed by atoms with E-state index in [1.807, 2.05) is 17.9 Å². The zero-order valence-electron chi connectivity index (χ0n) is 21.5. The van der Waals surface area contributed by atoms with Gasteiger partial charge in [0.05, 0.1) is 32.0 Å². The first-order chi connectivity index (χ1) is 17.7. The molecule has 3 aliphatic heterocycles. The summed E-state index contributed by atoms with van der Waals surface area (Å²) in [5.74, 6) is 1.42. The second-order valence-electron chi connectivity index (χ2n) is 10.5. The van der Waals surface area contributed by atoms with Crippen molar-refractivity contribution in [2.24, 2.45) is 5.92 Å². The minimum absolute atomic E-state index is 0.0102. The van der Waals surface area contributed by atoms with Crippen molar-refractivity contribution in [3.63, 3.8) is 0 Å². The second-order valence-corrected chi connectivity index (χ2v) is 10.5. The predicted octanol–water partition coefficient (Wildman–Crippen LogP) is 4.11. The number of pyridine rings is 1. The molecular weight excluding hydrogens is 483 g/mol. The van der Waals surface area contributed by atoms with Crippen molar-refractivity contribution in [1.29, 1.82) is 0 Å². The summed E-state index contributed by atoms with van der Waals surface area (Å²) in [7, 11) is 0. The van der Waals surface area contributed by atoms with Crippen LogP contribution in [-0.4, -0.2) is 85.9 Å². The maximum absolute atomic E-state index is 12.8. The van der Waals surface area contributed by atoms with Crippen molar-refractivity contribution in [2.75, 3.05) is 67.7 Å². The molecule has 7 nitrogen and oxygen atoms in total. The van der Waals surface area contributed by atoms with Crippen molar-refractivity contribution in [1.82, 2.24) is 9.88 Å². The molecule has 0 aliphatic carbocycles. The lowest BCUT2D eigenvalue weighted by molar-refractivity contribution is -0.143. The Kier molecular flexibility index (Phi) is 7.51. The molecule has 3 aliphatic rings. The summed E-state index contributed by atoms with van der Waals surface area (Å²) in [5.41, 5.74) is 4.18. The number of ether oxygens (including phenoxy) is 1. The van der Waals surface area contributed by atoms with Crippen LogP contribution in [0.2, 0.25) is 0 Å². The fraction of sp³-hybridized carbons (Fsp3) is 0.593. The lowest BCUT2D eigenvalue weighted by atomic mass is 9.98. The third-order valence-corrected chi connectivity index (χ3v) is 7.81.